The summed E-state index contributed by atoms with van der Waals surface area (Å²) < 4.78 is 0. The average Bonchev–Trinajstić information content (AvgIpc) is 2.25. The van der Waals surface area contributed by atoms with Gasteiger partial charge in [-0.1, -0.05) is 68.3 Å². The van der Waals surface area contributed by atoms with E-state index in [1.807, 2.05) is 0 Å². The number of rotatable bonds is 4. The highest BCUT2D eigenvalue weighted by Gasteiger charge is 2.19. The molecule has 0 radical (unpaired) electrons. The van der Waals surface area contributed by atoms with E-state index in [1.54, 1.807) is 0 Å². The standard InChI is InChI=1S/C15H24Si2/c1-16(2,3)13-9-10-14-17(4,5)15-11-7-6-8-12-15/h6-9,11-12,14H,13H2,1-5H3. The first-order valence-corrected chi connectivity index (χ1v) is 13.1. The zero-order valence-corrected chi connectivity index (χ0v) is 13.7. The van der Waals surface area contributed by atoms with Gasteiger partial charge in [0, 0.05) is 8.07 Å². The minimum atomic E-state index is -1.43. The van der Waals surface area contributed by atoms with Crippen molar-refractivity contribution in [3.63, 3.8) is 0 Å². The van der Waals surface area contributed by atoms with E-state index in [9.17, 15) is 0 Å². The molecule has 0 saturated heterocycles. The van der Waals surface area contributed by atoms with Crippen molar-refractivity contribution in [1.29, 1.82) is 0 Å². The van der Waals surface area contributed by atoms with Crippen LogP contribution in [0.5, 0.6) is 0 Å². The van der Waals surface area contributed by atoms with E-state index < -0.39 is 16.1 Å². The van der Waals surface area contributed by atoms with Crippen LogP contribution in [0.1, 0.15) is 0 Å². The smallest absolute Gasteiger partial charge is 0.112 e. The summed E-state index contributed by atoms with van der Waals surface area (Å²) in [7, 11) is -2.38. The molecule has 0 aromatic heterocycles. The van der Waals surface area contributed by atoms with Crippen LogP contribution in [-0.4, -0.2) is 16.1 Å². The van der Waals surface area contributed by atoms with Crippen molar-refractivity contribution in [2.24, 2.45) is 0 Å². The summed E-state index contributed by atoms with van der Waals surface area (Å²) in [5.41, 5.74) is 5.75. The van der Waals surface area contributed by atoms with Crippen molar-refractivity contribution in [3.8, 4) is 0 Å². The van der Waals surface area contributed by atoms with Gasteiger partial charge in [-0.25, -0.2) is 0 Å². The van der Waals surface area contributed by atoms with E-state index in [0.29, 0.717) is 0 Å². The molecular weight excluding hydrogens is 236 g/mol. The molecule has 0 aliphatic rings. The maximum atomic E-state index is 3.43. The molecule has 1 aromatic carbocycles. The third kappa shape index (κ3) is 5.36. The van der Waals surface area contributed by atoms with Crippen LogP contribution in [0.3, 0.4) is 0 Å². The molecule has 2 heteroatoms. The van der Waals surface area contributed by atoms with Crippen LogP contribution in [-0.2, 0) is 0 Å². The van der Waals surface area contributed by atoms with E-state index in [4.69, 9.17) is 0 Å². The summed E-state index contributed by atoms with van der Waals surface area (Å²) in [5.74, 6) is 0. The van der Waals surface area contributed by atoms with Crippen LogP contribution in [0.25, 0.3) is 0 Å². The largest absolute Gasteiger partial charge is 0.134 e. The summed E-state index contributed by atoms with van der Waals surface area (Å²) in [6, 6.07) is 12.0. The molecule has 0 bridgehead atoms. The van der Waals surface area contributed by atoms with E-state index in [2.05, 4.69) is 80.6 Å². The third-order valence-corrected chi connectivity index (χ3v) is 6.93. The highest BCUT2D eigenvalue weighted by atomic mass is 28.3. The Morgan fingerprint density at radius 3 is 2.12 bits per heavy atom. The quantitative estimate of drug-likeness (QED) is 0.562. The van der Waals surface area contributed by atoms with Crippen LogP contribution in [0.15, 0.2) is 47.8 Å². The summed E-state index contributed by atoms with van der Waals surface area (Å²) in [6.07, 6.45) is 2.24. The fourth-order valence-corrected chi connectivity index (χ4v) is 4.07. The Bertz CT molecular complexity index is 404. The van der Waals surface area contributed by atoms with Gasteiger partial charge in [0.25, 0.3) is 0 Å². The van der Waals surface area contributed by atoms with Crippen LogP contribution in [0, 0.1) is 0 Å². The molecule has 0 nitrogen and oxygen atoms in total. The van der Waals surface area contributed by atoms with Crippen LogP contribution < -0.4 is 5.19 Å². The van der Waals surface area contributed by atoms with Crippen molar-refractivity contribution in [2.75, 3.05) is 0 Å². The Morgan fingerprint density at radius 1 is 1.00 bits per heavy atom. The maximum Gasteiger partial charge on any atom is 0.112 e. The van der Waals surface area contributed by atoms with Gasteiger partial charge in [-0.15, -0.1) is 5.73 Å². The minimum Gasteiger partial charge on any atom is -0.134 e. The number of hydrogen-bond donors (Lipinski definition) is 0. The Hall–Kier alpha value is -0.826. The maximum absolute atomic E-state index is 3.43. The van der Waals surface area contributed by atoms with Crippen molar-refractivity contribution in [3.05, 3.63) is 47.8 Å². The Kier molecular flexibility index (Phi) is 4.75. The first kappa shape index (κ1) is 14.2. The van der Waals surface area contributed by atoms with Gasteiger partial charge in [0.05, 0.1) is 0 Å². The Balaban J connectivity index is 2.77. The first-order chi connectivity index (χ1) is 7.81. The second kappa shape index (κ2) is 5.68. The Labute approximate surface area is 108 Å². The fourth-order valence-electron chi connectivity index (χ4n) is 1.58. The zero-order valence-electron chi connectivity index (χ0n) is 11.7. The van der Waals surface area contributed by atoms with Gasteiger partial charge in [-0.05, 0) is 17.8 Å². The molecular formula is C15H24Si2. The lowest BCUT2D eigenvalue weighted by Crippen LogP contribution is -2.39. The molecule has 0 fully saturated rings. The van der Waals surface area contributed by atoms with Gasteiger partial charge in [-0.2, -0.15) is 0 Å². The van der Waals surface area contributed by atoms with Gasteiger partial charge >= 0.3 is 0 Å². The molecule has 0 aliphatic carbocycles. The molecule has 92 valence electrons. The monoisotopic (exact) mass is 260 g/mol. The SMILES string of the molecule is C[Si](C)(C)CC=C=C[Si](C)(C)c1ccccc1. The normalized spacial score (nSPS) is 11.8. The van der Waals surface area contributed by atoms with Gasteiger partial charge in [0.15, 0.2) is 0 Å². The van der Waals surface area contributed by atoms with Crippen molar-refractivity contribution in [1.82, 2.24) is 0 Å². The minimum absolute atomic E-state index is 0.955. The van der Waals surface area contributed by atoms with Crippen molar-refractivity contribution < 1.29 is 0 Å². The number of benzene rings is 1. The second-order valence-electron chi connectivity index (χ2n) is 6.37. The molecule has 0 spiro atoms. The van der Waals surface area contributed by atoms with E-state index in [-0.39, 0.29) is 0 Å². The van der Waals surface area contributed by atoms with Gasteiger partial charge in [0.1, 0.15) is 8.07 Å². The third-order valence-electron chi connectivity index (χ3n) is 2.79. The number of hydrogen-bond acceptors (Lipinski definition) is 0. The summed E-state index contributed by atoms with van der Waals surface area (Å²) >= 11 is 0. The highest BCUT2D eigenvalue weighted by molar-refractivity contribution is 6.93. The van der Waals surface area contributed by atoms with Crippen LogP contribution in [0.4, 0.5) is 0 Å². The Morgan fingerprint density at radius 2 is 1.59 bits per heavy atom. The average molecular weight is 261 g/mol. The van der Waals surface area contributed by atoms with Crippen molar-refractivity contribution >= 4 is 21.3 Å². The molecule has 17 heavy (non-hydrogen) atoms. The first-order valence-electron chi connectivity index (χ1n) is 6.29. The fraction of sp³-hybridized carbons (Fsp3) is 0.400. The van der Waals surface area contributed by atoms with Crippen molar-refractivity contribution in [2.45, 2.75) is 38.8 Å². The van der Waals surface area contributed by atoms with Gasteiger partial charge in [-0.3, -0.25) is 0 Å². The van der Waals surface area contributed by atoms with E-state index in [1.165, 1.54) is 11.2 Å². The summed E-state index contributed by atoms with van der Waals surface area (Å²) in [6.45, 7) is 11.9. The molecule has 0 unspecified atom stereocenters. The molecule has 0 saturated carbocycles. The van der Waals surface area contributed by atoms with Crippen LogP contribution in [0.2, 0.25) is 38.8 Å². The molecule has 0 amide bonds. The molecule has 0 heterocycles. The predicted octanol–water partition coefficient (Wildman–Crippen LogP) is 4.19. The lowest BCUT2D eigenvalue weighted by molar-refractivity contribution is 1.52. The lowest BCUT2D eigenvalue weighted by Gasteiger charge is -2.16. The lowest BCUT2D eigenvalue weighted by atomic mass is 10.4. The van der Waals surface area contributed by atoms with Gasteiger partial charge < -0.3 is 0 Å². The molecule has 0 aliphatic heterocycles. The van der Waals surface area contributed by atoms with Crippen LogP contribution >= 0.6 is 0 Å². The highest BCUT2D eigenvalue weighted by Crippen LogP contribution is 2.09. The molecule has 1 aromatic rings. The van der Waals surface area contributed by atoms with E-state index in [0.717, 1.165) is 0 Å². The van der Waals surface area contributed by atoms with E-state index >= 15 is 0 Å². The molecule has 0 N–H and O–H groups in total. The molecule has 0 atom stereocenters. The topological polar surface area (TPSA) is 0 Å². The predicted molar refractivity (Wildman–Crippen MR) is 84.4 cm³/mol. The number of allylic oxidation sites excluding steroid dienone is 1. The summed E-state index contributed by atoms with van der Waals surface area (Å²) in [4.78, 5) is 0. The second-order valence-corrected chi connectivity index (χ2v) is 16.2. The van der Waals surface area contributed by atoms with Gasteiger partial charge in [0.2, 0.25) is 0 Å². The zero-order chi connectivity index (χ0) is 12.9. The summed E-state index contributed by atoms with van der Waals surface area (Å²) in [5, 5.41) is 1.48. The molecule has 1 rings (SSSR count).